The Balaban J connectivity index is 2.03. The molecule has 0 heterocycles. The van der Waals surface area contributed by atoms with Crippen molar-refractivity contribution in [2.24, 2.45) is 0 Å². The number of carbonyl (C=O) groups is 2. The summed E-state index contributed by atoms with van der Waals surface area (Å²) in [5, 5.41) is 43.9. The standard InChI is InChI=1S/C20H21NO9S/c1-2-13(22)9-5-10-16(15(24)6-9)20(27)17-11(18(10)25)7-14(23)12(19(17)26)8-21-3-4-31(28,29)30/h5-7,13,21-24,26H,2-4,8H2,1H3,(H,28,29,30)/t13-/m1/s1. The van der Waals surface area contributed by atoms with E-state index in [0.717, 1.165) is 6.07 Å². The van der Waals surface area contributed by atoms with Gasteiger partial charge in [0.1, 0.15) is 17.2 Å². The first-order chi connectivity index (χ1) is 14.5. The number of nitrogens with one attached hydrogen (secondary N) is 1. The Hall–Kier alpha value is -2.99. The maximum atomic E-state index is 13.0. The van der Waals surface area contributed by atoms with Gasteiger partial charge in [0.2, 0.25) is 5.78 Å². The predicted molar refractivity (Wildman–Crippen MR) is 108 cm³/mol. The summed E-state index contributed by atoms with van der Waals surface area (Å²) in [6, 6.07) is 3.49. The van der Waals surface area contributed by atoms with E-state index in [2.05, 4.69) is 5.32 Å². The first kappa shape index (κ1) is 22.7. The zero-order chi connectivity index (χ0) is 23.1. The summed E-state index contributed by atoms with van der Waals surface area (Å²) < 4.78 is 30.3. The van der Waals surface area contributed by atoms with Gasteiger partial charge in [-0.15, -0.1) is 0 Å². The molecule has 0 spiro atoms. The van der Waals surface area contributed by atoms with Crippen LogP contribution in [0.2, 0.25) is 0 Å². The highest BCUT2D eigenvalue weighted by Gasteiger charge is 2.37. The zero-order valence-electron chi connectivity index (χ0n) is 16.4. The van der Waals surface area contributed by atoms with Gasteiger partial charge in [-0.25, -0.2) is 0 Å². The number of aliphatic hydroxyl groups excluding tert-OH is 1. The minimum atomic E-state index is -4.21. The number of phenols is 3. The number of hydrogen-bond acceptors (Lipinski definition) is 9. The van der Waals surface area contributed by atoms with E-state index >= 15 is 0 Å². The fourth-order valence-electron chi connectivity index (χ4n) is 3.46. The van der Waals surface area contributed by atoms with Crippen molar-refractivity contribution in [1.82, 2.24) is 5.32 Å². The maximum Gasteiger partial charge on any atom is 0.266 e. The fraction of sp³-hybridized carbons (Fsp3) is 0.300. The molecule has 2 aromatic carbocycles. The first-order valence-electron chi connectivity index (χ1n) is 9.34. The number of fused-ring (bicyclic) bond motifs is 2. The Morgan fingerprint density at radius 2 is 1.61 bits per heavy atom. The van der Waals surface area contributed by atoms with Gasteiger partial charge in [-0.2, -0.15) is 8.42 Å². The summed E-state index contributed by atoms with van der Waals surface area (Å²) in [5.41, 5.74) is -1.06. The number of aliphatic hydroxyl groups is 1. The molecule has 0 unspecified atom stereocenters. The minimum Gasteiger partial charge on any atom is -0.507 e. The first-order valence-corrected chi connectivity index (χ1v) is 10.9. The third-order valence-electron chi connectivity index (χ3n) is 5.08. The van der Waals surface area contributed by atoms with E-state index in [4.69, 9.17) is 4.55 Å². The molecule has 0 aliphatic heterocycles. The molecular weight excluding hydrogens is 430 g/mol. The minimum absolute atomic E-state index is 0.155. The molecule has 31 heavy (non-hydrogen) atoms. The molecule has 1 atom stereocenters. The zero-order valence-corrected chi connectivity index (χ0v) is 17.2. The van der Waals surface area contributed by atoms with E-state index in [9.17, 15) is 38.4 Å². The van der Waals surface area contributed by atoms with E-state index in [-0.39, 0.29) is 40.9 Å². The van der Waals surface area contributed by atoms with Crippen molar-refractivity contribution in [3.05, 3.63) is 51.6 Å². The van der Waals surface area contributed by atoms with Gasteiger partial charge in [0.15, 0.2) is 5.78 Å². The molecule has 166 valence electrons. The molecule has 0 saturated carbocycles. The van der Waals surface area contributed by atoms with Crippen LogP contribution in [0.25, 0.3) is 0 Å². The lowest BCUT2D eigenvalue weighted by Crippen LogP contribution is -2.24. The lowest BCUT2D eigenvalue weighted by molar-refractivity contribution is 0.0973. The number of carbonyl (C=O) groups excluding carboxylic acids is 2. The lowest BCUT2D eigenvalue weighted by atomic mass is 9.80. The number of aromatic hydroxyl groups is 3. The van der Waals surface area contributed by atoms with Crippen molar-refractivity contribution in [3.8, 4) is 17.2 Å². The van der Waals surface area contributed by atoms with Crippen molar-refractivity contribution in [1.29, 1.82) is 0 Å². The number of phenolic OH excluding ortho intramolecular Hbond substituents is 3. The largest absolute Gasteiger partial charge is 0.507 e. The Kier molecular flexibility index (Phi) is 6.05. The fourth-order valence-corrected chi connectivity index (χ4v) is 3.86. The van der Waals surface area contributed by atoms with Crippen LogP contribution < -0.4 is 5.32 Å². The molecule has 0 amide bonds. The average Bonchev–Trinajstić information content (AvgIpc) is 2.68. The van der Waals surface area contributed by atoms with Crippen LogP contribution in [-0.4, -0.2) is 57.3 Å². The van der Waals surface area contributed by atoms with Crippen LogP contribution in [-0.2, 0) is 16.7 Å². The third kappa shape index (κ3) is 4.26. The van der Waals surface area contributed by atoms with Gasteiger partial charge in [-0.1, -0.05) is 6.92 Å². The van der Waals surface area contributed by atoms with Gasteiger partial charge in [0.05, 0.1) is 28.5 Å². The molecule has 0 radical (unpaired) electrons. The Morgan fingerprint density at radius 3 is 2.23 bits per heavy atom. The van der Waals surface area contributed by atoms with E-state index in [0.29, 0.717) is 6.42 Å². The van der Waals surface area contributed by atoms with Crippen LogP contribution in [0.15, 0.2) is 18.2 Å². The van der Waals surface area contributed by atoms with E-state index < -0.39 is 56.4 Å². The van der Waals surface area contributed by atoms with Gasteiger partial charge in [0.25, 0.3) is 10.1 Å². The molecule has 10 nitrogen and oxygen atoms in total. The SMILES string of the molecule is CC[C@@H](O)c1cc(O)c2c(c1)C(=O)c1cc(O)c(CNCCS(=O)(=O)O)c(O)c1C2=O. The Bertz CT molecular complexity index is 1190. The molecule has 1 aliphatic carbocycles. The van der Waals surface area contributed by atoms with Crippen LogP contribution in [0, 0.1) is 0 Å². The second-order valence-corrected chi connectivity index (χ2v) is 8.73. The van der Waals surface area contributed by atoms with Crippen molar-refractivity contribution in [2.45, 2.75) is 26.0 Å². The van der Waals surface area contributed by atoms with Crippen LogP contribution in [0.1, 0.15) is 62.4 Å². The van der Waals surface area contributed by atoms with Crippen LogP contribution in [0.3, 0.4) is 0 Å². The summed E-state index contributed by atoms with van der Waals surface area (Å²) in [4.78, 5) is 26.0. The molecule has 0 aromatic heterocycles. The van der Waals surface area contributed by atoms with Gasteiger partial charge >= 0.3 is 0 Å². The summed E-state index contributed by atoms with van der Waals surface area (Å²) in [5.74, 6) is -3.88. The van der Waals surface area contributed by atoms with Gasteiger partial charge in [-0.05, 0) is 30.2 Å². The maximum absolute atomic E-state index is 13.0. The van der Waals surface area contributed by atoms with Crippen molar-refractivity contribution >= 4 is 21.7 Å². The molecule has 1 aliphatic rings. The van der Waals surface area contributed by atoms with Crippen molar-refractivity contribution in [3.63, 3.8) is 0 Å². The number of hydrogen-bond donors (Lipinski definition) is 6. The predicted octanol–water partition coefficient (Wildman–Crippen LogP) is 1.000. The molecule has 6 N–H and O–H groups in total. The summed E-state index contributed by atoms with van der Waals surface area (Å²) >= 11 is 0. The lowest BCUT2D eigenvalue weighted by Gasteiger charge is -2.23. The Labute approximate surface area is 177 Å². The van der Waals surface area contributed by atoms with Gasteiger partial charge in [-0.3, -0.25) is 14.1 Å². The van der Waals surface area contributed by atoms with Crippen LogP contribution in [0.4, 0.5) is 0 Å². The molecule has 11 heteroatoms. The summed E-state index contributed by atoms with van der Waals surface area (Å²) in [7, 11) is -4.21. The topological polar surface area (TPSA) is 181 Å². The van der Waals surface area contributed by atoms with Crippen molar-refractivity contribution < 1.29 is 43.0 Å². The summed E-state index contributed by atoms with van der Waals surface area (Å²) in [6.45, 7) is 1.24. The smallest absolute Gasteiger partial charge is 0.266 e. The van der Waals surface area contributed by atoms with E-state index in [1.807, 2.05) is 0 Å². The highest BCUT2D eigenvalue weighted by Crippen LogP contribution is 2.42. The second-order valence-electron chi connectivity index (χ2n) is 7.15. The highest BCUT2D eigenvalue weighted by atomic mass is 32.2. The molecule has 2 aromatic rings. The molecule has 0 fully saturated rings. The number of rotatable bonds is 7. The second kappa shape index (κ2) is 8.27. The van der Waals surface area contributed by atoms with Crippen LogP contribution in [0.5, 0.6) is 17.2 Å². The molecule has 0 saturated heterocycles. The number of ketones is 2. The van der Waals surface area contributed by atoms with Gasteiger partial charge in [0, 0.05) is 24.2 Å². The average molecular weight is 451 g/mol. The summed E-state index contributed by atoms with van der Waals surface area (Å²) in [6.07, 6.45) is -0.648. The normalized spacial score (nSPS) is 14.3. The highest BCUT2D eigenvalue weighted by molar-refractivity contribution is 7.85. The molecular formula is C20H21NO9S. The molecule has 0 bridgehead atoms. The monoisotopic (exact) mass is 451 g/mol. The molecule has 3 rings (SSSR count). The van der Waals surface area contributed by atoms with Crippen LogP contribution >= 0.6 is 0 Å². The van der Waals surface area contributed by atoms with Crippen molar-refractivity contribution in [2.75, 3.05) is 12.3 Å². The third-order valence-corrected chi connectivity index (χ3v) is 5.80. The van der Waals surface area contributed by atoms with E-state index in [1.165, 1.54) is 12.1 Å². The van der Waals surface area contributed by atoms with Gasteiger partial charge < -0.3 is 25.7 Å². The quantitative estimate of drug-likeness (QED) is 0.224. The van der Waals surface area contributed by atoms with E-state index in [1.54, 1.807) is 6.92 Å². The Morgan fingerprint density at radius 1 is 0.968 bits per heavy atom. The number of benzene rings is 2.